The third-order valence-electron chi connectivity index (χ3n) is 4.91. The van der Waals surface area contributed by atoms with Crippen molar-refractivity contribution in [3.63, 3.8) is 0 Å². The van der Waals surface area contributed by atoms with Gasteiger partial charge in [0, 0.05) is 23.7 Å². The number of aromatic nitrogens is 1. The lowest BCUT2D eigenvalue weighted by molar-refractivity contribution is -0.118. The van der Waals surface area contributed by atoms with Crippen LogP contribution >= 0.6 is 34.7 Å². The van der Waals surface area contributed by atoms with Crippen LogP contribution < -0.4 is 4.90 Å². The lowest BCUT2D eigenvalue weighted by Gasteiger charge is -2.23. The molecule has 1 saturated heterocycles. The zero-order valence-corrected chi connectivity index (χ0v) is 18.7. The maximum atomic E-state index is 13.1. The van der Waals surface area contributed by atoms with Gasteiger partial charge in [0.25, 0.3) is 0 Å². The Morgan fingerprint density at radius 1 is 1.31 bits per heavy atom. The van der Waals surface area contributed by atoms with Crippen LogP contribution in [0, 0.1) is 6.92 Å². The van der Waals surface area contributed by atoms with Crippen LogP contribution in [0.15, 0.2) is 47.4 Å². The average molecular weight is 447 g/mol. The lowest BCUT2D eigenvalue weighted by atomic mass is 10.2. The Hall–Kier alpha value is -1.60. The second-order valence-corrected chi connectivity index (χ2v) is 9.72. The van der Waals surface area contributed by atoms with Crippen molar-refractivity contribution in [1.82, 2.24) is 4.98 Å². The van der Waals surface area contributed by atoms with Crippen LogP contribution in [0.3, 0.4) is 0 Å². The highest BCUT2D eigenvalue weighted by Gasteiger charge is 2.26. The van der Waals surface area contributed by atoms with E-state index in [9.17, 15) is 4.79 Å². The van der Waals surface area contributed by atoms with Crippen LogP contribution in [-0.2, 0) is 9.53 Å². The van der Waals surface area contributed by atoms with Crippen LogP contribution in [0.2, 0.25) is 5.02 Å². The molecule has 0 N–H and O–H groups in total. The van der Waals surface area contributed by atoms with Crippen molar-refractivity contribution in [1.29, 1.82) is 0 Å². The summed E-state index contributed by atoms with van der Waals surface area (Å²) in [5.41, 5.74) is 2.00. The Kier molecular flexibility index (Phi) is 6.75. The van der Waals surface area contributed by atoms with Gasteiger partial charge in [-0.1, -0.05) is 46.7 Å². The molecule has 152 valence electrons. The molecule has 0 radical (unpaired) electrons. The molecule has 0 aliphatic carbocycles. The molecular weight excluding hydrogens is 424 g/mol. The number of thiazole rings is 1. The van der Waals surface area contributed by atoms with Crippen molar-refractivity contribution in [3.05, 3.63) is 53.1 Å². The summed E-state index contributed by atoms with van der Waals surface area (Å²) in [6.07, 6.45) is 2.55. The number of thioether (sulfide) groups is 1. The Morgan fingerprint density at radius 3 is 2.86 bits per heavy atom. The Labute approximate surface area is 184 Å². The first-order chi connectivity index (χ1) is 14.1. The van der Waals surface area contributed by atoms with Gasteiger partial charge in [-0.2, -0.15) is 0 Å². The summed E-state index contributed by atoms with van der Waals surface area (Å²) >= 11 is 9.51. The van der Waals surface area contributed by atoms with Gasteiger partial charge in [-0.15, -0.1) is 11.8 Å². The highest BCUT2D eigenvalue weighted by atomic mass is 35.5. The number of ether oxygens (including phenoxy) is 1. The van der Waals surface area contributed by atoms with Crippen LogP contribution in [0.25, 0.3) is 10.2 Å². The first-order valence-electron chi connectivity index (χ1n) is 9.76. The molecule has 0 spiro atoms. The summed E-state index contributed by atoms with van der Waals surface area (Å²) < 4.78 is 6.78. The SMILES string of the molecule is Cc1ccc(SCCC(=O)N(CC2CCCO2)c2nc3c(Cl)cccc3s2)cc1. The molecule has 29 heavy (non-hydrogen) atoms. The topological polar surface area (TPSA) is 42.4 Å². The van der Waals surface area contributed by atoms with E-state index >= 15 is 0 Å². The van der Waals surface area contributed by atoms with Crippen molar-refractivity contribution in [2.45, 2.75) is 37.2 Å². The zero-order chi connectivity index (χ0) is 20.2. The Balaban J connectivity index is 1.48. The zero-order valence-electron chi connectivity index (χ0n) is 16.3. The molecule has 1 aromatic heterocycles. The van der Waals surface area contributed by atoms with E-state index in [4.69, 9.17) is 16.3 Å². The van der Waals surface area contributed by atoms with Crippen LogP contribution in [0.1, 0.15) is 24.8 Å². The molecule has 1 aliphatic heterocycles. The molecular formula is C22H23ClN2O2S2. The quantitative estimate of drug-likeness (QED) is 0.420. The second kappa shape index (κ2) is 9.47. The van der Waals surface area contributed by atoms with Gasteiger partial charge in [0.05, 0.1) is 22.4 Å². The summed E-state index contributed by atoms with van der Waals surface area (Å²) in [4.78, 5) is 20.8. The molecule has 1 amide bonds. The first kappa shape index (κ1) is 20.7. The molecule has 2 heterocycles. The molecule has 1 unspecified atom stereocenters. The minimum atomic E-state index is 0.0752. The number of amides is 1. The van der Waals surface area contributed by atoms with Gasteiger partial charge < -0.3 is 4.74 Å². The molecule has 0 bridgehead atoms. The molecule has 2 aromatic carbocycles. The van der Waals surface area contributed by atoms with Gasteiger partial charge in [-0.3, -0.25) is 9.69 Å². The number of carbonyl (C=O) groups excluding carboxylic acids is 1. The predicted octanol–water partition coefficient (Wildman–Crippen LogP) is 5.95. The highest BCUT2D eigenvalue weighted by molar-refractivity contribution is 7.99. The molecule has 1 aliphatic rings. The summed E-state index contributed by atoms with van der Waals surface area (Å²) in [6, 6.07) is 14.1. The highest BCUT2D eigenvalue weighted by Crippen LogP contribution is 2.34. The minimum absolute atomic E-state index is 0.0752. The molecule has 1 fully saturated rings. The van der Waals surface area contributed by atoms with Gasteiger partial charge >= 0.3 is 0 Å². The number of para-hydroxylation sites is 1. The fourth-order valence-corrected chi connectivity index (χ4v) is 5.46. The van der Waals surface area contributed by atoms with E-state index in [2.05, 4.69) is 36.2 Å². The lowest BCUT2D eigenvalue weighted by Crippen LogP contribution is -2.37. The Bertz CT molecular complexity index is 984. The number of nitrogens with zero attached hydrogens (tertiary/aromatic N) is 2. The van der Waals surface area contributed by atoms with Gasteiger partial charge in [-0.25, -0.2) is 4.98 Å². The van der Waals surface area contributed by atoms with Crippen molar-refractivity contribution in [2.24, 2.45) is 0 Å². The summed E-state index contributed by atoms with van der Waals surface area (Å²) in [5, 5.41) is 1.32. The minimum Gasteiger partial charge on any atom is -0.376 e. The number of fused-ring (bicyclic) bond motifs is 1. The number of rotatable bonds is 7. The molecule has 1 atom stereocenters. The number of hydrogen-bond acceptors (Lipinski definition) is 5. The second-order valence-electron chi connectivity index (χ2n) is 7.13. The number of benzene rings is 2. The Morgan fingerprint density at radius 2 is 2.14 bits per heavy atom. The summed E-state index contributed by atoms with van der Waals surface area (Å²) in [5.74, 6) is 0.811. The monoisotopic (exact) mass is 446 g/mol. The molecule has 0 saturated carbocycles. The number of aryl methyl sites for hydroxylation is 1. The third kappa shape index (κ3) is 5.12. The van der Waals surface area contributed by atoms with E-state index in [1.54, 1.807) is 16.7 Å². The molecule has 3 aromatic rings. The molecule has 4 rings (SSSR count). The third-order valence-corrected chi connectivity index (χ3v) is 7.27. The molecule has 7 heteroatoms. The smallest absolute Gasteiger partial charge is 0.229 e. The normalized spacial score (nSPS) is 16.4. The standard InChI is InChI=1S/C22H23ClN2O2S2/c1-15-7-9-17(10-8-15)28-13-11-20(26)25(14-16-4-3-12-27-16)22-24-21-18(23)5-2-6-19(21)29-22/h2,5-10,16H,3-4,11-14H2,1H3. The van der Waals surface area contributed by atoms with E-state index in [-0.39, 0.29) is 12.0 Å². The fraction of sp³-hybridized carbons (Fsp3) is 0.364. The van der Waals surface area contributed by atoms with Crippen molar-refractivity contribution < 1.29 is 9.53 Å². The first-order valence-corrected chi connectivity index (χ1v) is 11.9. The van der Waals surface area contributed by atoms with Crippen LogP contribution in [0.4, 0.5) is 5.13 Å². The van der Waals surface area contributed by atoms with Gasteiger partial charge in [-0.05, 0) is 44.0 Å². The van der Waals surface area contributed by atoms with E-state index in [1.807, 2.05) is 18.2 Å². The van der Waals surface area contributed by atoms with E-state index < -0.39 is 0 Å². The van der Waals surface area contributed by atoms with Gasteiger partial charge in [0.1, 0.15) is 5.52 Å². The van der Waals surface area contributed by atoms with Crippen molar-refractivity contribution in [2.75, 3.05) is 23.8 Å². The van der Waals surface area contributed by atoms with Gasteiger partial charge in [0.15, 0.2) is 5.13 Å². The number of halogens is 1. The van der Waals surface area contributed by atoms with Crippen molar-refractivity contribution in [3.8, 4) is 0 Å². The number of carbonyl (C=O) groups is 1. The van der Waals surface area contributed by atoms with E-state index in [0.717, 1.165) is 35.4 Å². The van der Waals surface area contributed by atoms with Crippen LogP contribution in [-0.4, -0.2) is 35.9 Å². The van der Waals surface area contributed by atoms with E-state index in [1.165, 1.54) is 21.8 Å². The fourth-order valence-electron chi connectivity index (χ4n) is 3.32. The maximum Gasteiger partial charge on any atom is 0.229 e. The number of hydrogen-bond donors (Lipinski definition) is 0. The van der Waals surface area contributed by atoms with Gasteiger partial charge in [0.2, 0.25) is 5.91 Å². The largest absolute Gasteiger partial charge is 0.376 e. The van der Waals surface area contributed by atoms with Crippen molar-refractivity contribution >= 4 is 56.0 Å². The predicted molar refractivity (Wildman–Crippen MR) is 122 cm³/mol. The maximum absolute atomic E-state index is 13.1. The summed E-state index contributed by atoms with van der Waals surface area (Å²) in [7, 11) is 0. The summed E-state index contributed by atoms with van der Waals surface area (Å²) in [6.45, 7) is 3.39. The van der Waals surface area contributed by atoms with Crippen LogP contribution in [0.5, 0.6) is 0 Å². The number of anilines is 1. The average Bonchev–Trinajstić information content (AvgIpc) is 3.37. The molecule has 4 nitrogen and oxygen atoms in total. The van der Waals surface area contributed by atoms with E-state index in [0.29, 0.717) is 23.1 Å².